The zero-order chi connectivity index (χ0) is 20.9. The number of hydrogen-bond acceptors (Lipinski definition) is 6. The number of amides is 1. The van der Waals surface area contributed by atoms with Crippen molar-refractivity contribution in [2.45, 2.75) is 6.10 Å². The van der Waals surface area contributed by atoms with Gasteiger partial charge < -0.3 is 28.7 Å². The molecular formula is C23H26N2O5. The molecule has 0 radical (unpaired) electrons. The highest BCUT2D eigenvalue weighted by Gasteiger charge is 2.24. The van der Waals surface area contributed by atoms with E-state index < -0.39 is 0 Å². The Morgan fingerprint density at radius 3 is 2.77 bits per heavy atom. The van der Waals surface area contributed by atoms with Crippen LogP contribution in [0, 0.1) is 0 Å². The van der Waals surface area contributed by atoms with Gasteiger partial charge in [-0.1, -0.05) is 12.1 Å². The molecule has 30 heavy (non-hydrogen) atoms. The maximum absolute atomic E-state index is 12.6. The summed E-state index contributed by atoms with van der Waals surface area (Å²) in [4.78, 5) is 16.4. The van der Waals surface area contributed by atoms with Gasteiger partial charge in [0.25, 0.3) is 0 Å². The summed E-state index contributed by atoms with van der Waals surface area (Å²) in [5.41, 5.74) is 2.11. The molecule has 2 aromatic rings. The van der Waals surface area contributed by atoms with E-state index in [9.17, 15) is 4.79 Å². The third-order valence-electron chi connectivity index (χ3n) is 5.06. The van der Waals surface area contributed by atoms with Crippen molar-refractivity contribution in [1.29, 1.82) is 0 Å². The SMILES string of the molecule is CN(C)c1ccc(/C=C/C(=O)N2CCOC(COc3ccc4c(c3)OCO4)C2)cc1. The van der Waals surface area contributed by atoms with E-state index in [2.05, 4.69) is 0 Å². The molecule has 2 aromatic carbocycles. The quantitative estimate of drug-likeness (QED) is 0.683. The van der Waals surface area contributed by atoms with Gasteiger partial charge in [0.05, 0.1) is 13.2 Å². The molecule has 2 heterocycles. The van der Waals surface area contributed by atoms with Gasteiger partial charge in [-0.2, -0.15) is 0 Å². The van der Waals surface area contributed by atoms with Crippen LogP contribution in [0.15, 0.2) is 48.5 Å². The largest absolute Gasteiger partial charge is 0.491 e. The second-order valence-electron chi connectivity index (χ2n) is 7.42. The third-order valence-corrected chi connectivity index (χ3v) is 5.06. The monoisotopic (exact) mass is 410 g/mol. The van der Waals surface area contributed by atoms with Crippen LogP contribution in [-0.4, -0.2) is 64.1 Å². The number of rotatable bonds is 6. The van der Waals surface area contributed by atoms with Gasteiger partial charge in [0.1, 0.15) is 18.5 Å². The lowest BCUT2D eigenvalue weighted by molar-refractivity contribution is -0.134. The Labute approximate surface area is 176 Å². The molecule has 7 heteroatoms. The van der Waals surface area contributed by atoms with Crippen LogP contribution in [0.5, 0.6) is 17.2 Å². The molecule has 1 amide bonds. The molecule has 2 aliphatic rings. The van der Waals surface area contributed by atoms with E-state index in [-0.39, 0.29) is 18.8 Å². The molecule has 7 nitrogen and oxygen atoms in total. The van der Waals surface area contributed by atoms with Gasteiger partial charge in [0.2, 0.25) is 12.7 Å². The maximum atomic E-state index is 12.6. The Balaban J connectivity index is 1.29. The summed E-state index contributed by atoms with van der Waals surface area (Å²) in [7, 11) is 4.00. The van der Waals surface area contributed by atoms with E-state index in [0.717, 1.165) is 17.0 Å². The smallest absolute Gasteiger partial charge is 0.246 e. The molecule has 0 aromatic heterocycles. The predicted octanol–water partition coefficient (Wildman–Crippen LogP) is 2.80. The van der Waals surface area contributed by atoms with Crippen LogP contribution in [0.2, 0.25) is 0 Å². The standard InChI is InChI=1S/C23H26N2O5/c1-24(2)18-6-3-17(4-7-18)5-10-23(26)25-11-12-27-20(14-25)15-28-19-8-9-21-22(13-19)30-16-29-21/h3-10,13,20H,11-12,14-16H2,1-2H3/b10-5+. The first-order valence-electron chi connectivity index (χ1n) is 9.97. The summed E-state index contributed by atoms with van der Waals surface area (Å²) in [5.74, 6) is 2.06. The number of hydrogen-bond donors (Lipinski definition) is 0. The van der Waals surface area contributed by atoms with Crippen LogP contribution in [0.4, 0.5) is 5.69 Å². The fourth-order valence-corrected chi connectivity index (χ4v) is 3.33. The molecular weight excluding hydrogens is 384 g/mol. The molecule has 0 N–H and O–H groups in total. The van der Waals surface area contributed by atoms with Crippen molar-refractivity contribution in [1.82, 2.24) is 4.90 Å². The van der Waals surface area contributed by atoms with Crippen molar-refractivity contribution in [3.05, 3.63) is 54.1 Å². The van der Waals surface area contributed by atoms with Crippen molar-refractivity contribution >= 4 is 17.7 Å². The first-order chi connectivity index (χ1) is 14.6. The van der Waals surface area contributed by atoms with Gasteiger partial charge in [0.15, 0.2) is 11.5 Å². The number of carbonyl (C=O) groups is 1. The van der Waals surface area contributed by atoms with Gasteiger partial charge >= 0.3 is 0 Å². The molecule has 0 aliphatic carbocycles. The van der Waals surface area contributed by atoms with Crippen molar-refractivity contribution in [3.63, 3.8) is 0 Å². The normalized spacial score (nSPS) is 17.9. The second-order valence-corrected chi connectivity index (χ2v) is 7.42. The van der Waals surface area contributed by atoms with Gasteiger partial charge in [-0.05, 0) is 35.9 Å². The van der Waals surface area contributed by atoms with E-state index in [4.69, 9.17) is 18.9 Å². The van der Waals surface area contributed by atoms with Gasteiger partial charge in [-0.3, -0.25) is 4.79 Å². The third kappa shape index (κ3) is 4.86. The summed E-state index contributed by atoms with van der Waals surface area (Å²) in [5, 5.41) is 0. The van der Waals surface area contributed by atoms with Crippen molar-refractivity contribution in [2.24, 2.45) is 0 Å². The highest BCUT2D eigenvalue weighted by atomic mass is 16.7. The van der Waals surface area contributed by atoms with Gasteiger partial charge in [0, 0.05) is 38.5 Å². The number of benzene rings is 2. The lowest BCUT2D eigenvalue weighted by Gasteiger charge is -2.32. The number of ether oxygens (including phenoxy) is 4. The van der Waals surface area contributed by atoms with Crippen LogP contribution in [0.1, 0.15) is 5.56 Å². The lowest BCUT2D eigenvalue weighted by atomic mass is 10.2. The molecule has 158 valence electrons. The maximum Gasteiger partial charge on any atom is 0.246 e. The summed E-state index contributed by atoms with van der Waals surface area (Å²) >= 11 is 0. The minimum atomic E-state index is -0.180. The fraction of sp³-hybridized carbons (Fsp3) is 0.348. The van der Waals surface area contributed by atoms with Gasteiger partial charge in [-0.25, -0.2) is 0 Å². The molecule has 0 spiro atoms. The molecule has 0 bridgehead atoms. The van der Waals surface area contributed by atoms with E-state index in [1.54, 1.807) is 17.0 Å². The zero-order valence-corrected chi connectivity index (χ0v) is 17.2. The Morgan fingerprint density at radius 2 is 1.97 bits per heavy atom. The van der Waals surface area contributed by atoms with Crippen LogP contribution in [-0.2, 0) is 9.53 Å². The van der Waals surface area contributed by atoms with E-state index >= 15 is 0 Å². The topological polar surface area (TPSA) is 60.5 Å². The van der Waals surface area contributed by atoms with Crippen molar-refractivity contribution in [2.75, 3.05) is 52.1 Å². The number of nitrogens with zero attached hydrogens (tertiary/aromatic N) is 2. The number of carbonyl (C=O) groups excluding carboxylic acids is 1. The van der Waals surface area contributed by atoms with Crippen LogP contribution in [0.3, 0.4) is 0 Å². The molecule has 1 saturated heterocycles. The van der Waals surface area contributed by atoms with Crippen molar-refractivity contribution < 1.29 is 23.7 Å². The Bertz CT molecular complexity index is 910. The Hall–Kier alpha value is -3.19. The van der Waals surface area contributed by atoms with Crippen LogP contribution in [0.25, 0.3) is 6.08 Å². The Morgan fingerprint density at radius 1 is 1.17 bits per heavy atom. The highest BCUT2D eigenvalue weighted by molar-refractivity contribution is 5.91. The summed E-state index contributed by atoms with van der Waals surface area (Å²) in [6.45, 7) is 2.15. The number of anilines is 1. The lowest BCUT2D eigenvalue weighted by Crippen LogP contribution is -2.47. The highest BCUT2D eigenvalue weighted by Crippen LogP contribution is 2.35. The van der Waals surface area contributed by atoms with Crippen molar-refractivity contribution in [3.8, 4) is 17.2 Å². The first kappa shape index (κ1) is 20.1. The number of morpholine rings is 1. The molecule has 0 saturated carbocycles. The number of fused-ring (bicyclic) bond motifs is 1. The first-order valence-corrected chi connectivity index (χ1v) is 9.97. The van der Waals surface area contributed by atoms with E-state index in [1.807, 2.05) is 61.5 Å². The van der Waals surface area contributed by atoms with Crippen LogP contribution < -0.4 is 19.1 Å². The molecule has 4 rings (SSSR count). The minimum Gasteiger partial charge on any atom is -0.491 e. The van der Waals surface area contributed by atoms with Gasteiger partial charge in [-0.15, -0.1) is 0 Å². The van der Waals surface area contributed by atoms with Crippen LogP contribution >= 0.6 is 0 Å². The molecule has 1 atom stereocenters. The summed E-state index contributed by atoms with van der Waals surface area (Å²) in [6, 6.07) is 13.5. The Kier molecular flexibility index (Phi) is 6.09. The summed E-state index contributed by atoms with van der Waals surface area (Å²) in [6.07, 6.45) is 3.28. The average molecular weight is 410 g/mol. The molecule has 2 aliphatic heterocycles. The molecule has 1 fully saturated rings. The van der Waals surface area contributed by atoms with E-state index in [0.29, 0.717) is 37.8 Å². The molecule has 1 unspecified atom stereocenters. The summed E-state index contributed by atoms with van der Waals surface area (Å²) < 4.78 is 22.3. The second kappa shape index (κ2) is 9.09. The predicted molar refractivity (Wildman–Crippen MR) is 114 cm³/mol. The van der Waals surface area contributed by atoms with E-state index in [1.165, 1.54) is 0 Å². The average Bonchev–Trinajstić information content (AvgIpc) is 3.24. The fourth-order valence-electron chi connectivity index (χ4n) is 3.33. The minimum absolute atomic E-state index is 0.0249. The zero-order valence-electron chi connectivity index (χ0n) is 17.2.